The molecule has 9 aromatic rings. The van der Waals surface area contributed by atoms with E-state index in [0.717, 1.165) is 48.4 Å². The first-order chi connectivity index (χ1) is 34.1. The summed E-state index contributed by atoms with van der Waals surface area (Å²) >= 11 is 0. The van der Waals surface area contributed by atoms with E-state index in [2.05, 4.69) is 287 Å². The summed E-state index contributed by atoms with van der Waals surface area (Å²) in [7, 11) is 0. The average molecular weight is 945 g/mol. The molecule has 0 aliphatic heterocycles. The summed E-state index contributed by atoms with van der Waals surface area (Å²) in [5.41, 5.74) is 17.8. The number of benzene rings is 9. The van der Waals surface area contributed by atoms with Crippen molar-refractivity contribution >= 4 is 55.7 Å². The van der Waals surface area contributed by atoms with Gasteiger partial charge in [0.05, 0.1) is 0 Å². The summed E-state index contributed by atoms with van der Waals surface area (Å²) in [6, 6.07) is 73.2. The number of fused-ring (bicyclic) bond motifs is 2. The third-order valence-corrected chi connectivity index (χ3v) is 13.3. The quantitative estimate of drug-likeness (QED) is 0.113. The maximum Gasteiger partial charge on any atom is 0.0468 e. The lowest BCUT2D eigenvalue weighted by Crippen LogP contribution is -2.15. The molecule has 2 nitrogen and oxygen atoms in total. The van der Waals surface area contributed by atoms with Crippen LogP contribution in [0.4, 0.5) is 34.1 Å². The van der Waals surface area contributed by atoms with Crippen molar-refractivity contribution in [2.75, 3.05) is 9.80 Å². The van der Waals surface area contributed by atoms with Crippen molar-refractivity contribution in [3.05, 3.63) is 216 Å². The number of hydrogen-bond donors (Lipinski definition) is 0. The predicted molar refractivity (Wildman–Crippen MR) is 314 cm³/mol. The second kappa shape index (κ2) is 20.0. The highest BCUT2D eigenvalue weighted by molar-refractivity contribution is 6.22. The average Bonchev–Trinajstić information content (AvgIpc) is 3.30. The Hall–Kier alpha value is -6.90. The highest BCUT2D eigenvalue weighted by Gasteiger charge is 2.25. The zero-order chi connectivity index (χ0) is 51.0. The van der Waals surface area contributed by atoms with E-state index in [1.165, 1.54) is 77.4 Å². The standard InChI is InChI=1S/C70H76N2/c1-67(2,3)45-49-37-50(46-68(4,5)6)40-59(39-49)71(55-29-21-15-22-30-55)57-33-35-61-63(43-57)65(53-25-17-13-18-26-53)62-36-34-58(44-64(62)66(61)54-27-19-14-20-28-54)72(56-31-23-16-24-32-56)60-41-51(47-69(7,8)9)38-52(42-60)48-70(10,11)12/h13-44H,45-48H2,1-12H3. The molecule has 9 rings (SSSR count). The minimum absolute atomic E-state index is 0.140. The Balaban J connectivity index is 1.34. The molecule has 0 heterocycles. The van der Waals surface area contributed by atoms with E-state index in [-0.39, 0.29) is 21.7 Å². The van der Waals surface area contributed by atoms with Gasteiger partial charge in [-0.05, 0) is 186 Å². The Kier molecular flexibility index (Phi) is 13.9. The van der Waals surface area contributed by atoms with Crippen LogP contribution in [0.15, 0.2) is 194 Å². The smallest absolute Gasteiger partial charge is 0.0468 e. The van der Waals surface area contributed by atoms with E-state index in [0.29, 0.717) is 0 Å². The molecule has 72 heavy (non-hydrogen) atoms. The molecule has 0 saturated carbocycles. The molecule has 0 aromatic heterocycles. The van der Waals surface area contributed by atoms with E-state index in [1.54, 1.807) is 0 Å². The molecule has 0 aliphatic carbocycles. The number of hydrogen-bond acceptors (Lipinski definition) is 2. The maximum absolute atomic E-state index is 2.49. The Morgan fingerprint density at radius 1 is 0.250 bits per heavy atom. The van der Waals surface area contributed by atoms with Gasteiger partial charge in [0.2, 0.25) is 0 Å². The molecule has 0 N–H and O–H groups in total. The van der Waals surface area contributed by atoms with Crippen LogP contribution in [0.3, 0.4) is 0 Å². The third-order valence-electron chi connectivity index (χ3n) is 13.3. The van der Waals surface area contributed by atoms with E-state index < -0.39 is 0 Å². The van der Waals surface area contributed by atoms with Crippen molar-refractivity contribution in [3.63, 3.8) is 0 Å². The summed E-state index contributed by atoms with van der Waals surface area (Å²) in [5, 5.41) is 4.90. The van der Waals surface area contributed by atoms with Gasteiger partial charge in [0.1, 0.15) is 0 Å². The normalized spacial score (nSPS) is 12.4. The summed E-state index contributed by atoms with van der Waals surface area (Å²) in [6.45, 7) is 28.2. The molecule has 0 spiro atoms. The Bertz CT molecular complexity index is 3010. The van der Waals surface area contributed by atoms with E-state index in [4.69, 9.17) is 0 Å². The van der Waals surface area contributed by atoms with Crippen LogP contribution in [-0.4, -0.2) is 0 Å². The number of nitrogens with zero attached hydrogens (tertiary/aromatic N) is 2. The van der Waals surface area contributed by atoms with Crippen LogP contribution in [0.1, 0.15) is 105 Å². The summed E-state index contributed by atoms with van der Waals surface area (Å²) < 4.78 is 0. The minimum Gasteiger partial charge on any atom is -0.310 e. The van der Waals surface area contributed by atoms with Crippen molar-refractivity contribution in [2.24, 2.45) is 21.7 Å². The molecule has 0 bridgehead atoms. The second-order valence-electron chi connectivity index (χ2n) is 25.2. The van der Waals surface area contributed by atoms with Gasteiger partial charge in [-0.15, -0.1) is 0 Å². The number of rotatable bonds is 12. The first kappa shape index (κ1) is 50.1. The minimum atomic E-state index is 0.140. The van der Waals surface area contributed by atoms with Crippen molar-refractivity contribution in [1.29, 1.82) is 0 Å². The van der Waals surface area contributed by atoms with Gasteiger partial charge >= 0.3 is 0 Å². The van der Waals surface area contributed by atoms with Gasteiger partial charge in [-0.1, -0.05) is 204 Å². The lowest BCUT2D eigenvalue weighted by atomic mass is 9.84. The van der Waals surface area contributed by atoms with Crippen molar-refractivity contribution < 1.29 is 0 Å². The van der Waals surface area contributed by atoms with E-state index >= 15 is 0 Å². The Morgan fingerprint density at radius 2 is 0.528 bits per heavy atom. The van der Waals surface area contributed by atoms with Crippen molar-refractivity contribution in [2.45, 2.75) is 109 Å². The Labute approximate surface area is 432 Å². The Morgan fingerprint density at radius 3 is 0.806 bits per heavy atom. The summed E-state index contributed by atoms with van der Waals surface area (Å²) in [5.74, 6) is 0. The zero-order valence-electron chi connectivity index (χ0n) is 45.2. The number of para-hydroxylation sites is 2. The molecule has 0 saturated heterocycles. The first-order valence-electron chi connectivity index (χ1n) is 26.3. The van der Waals surface area contributed by atoms with Crippen molar-refractivity contribution in [3.8, 4) is 22.3 Å². The molecule has 366 valence electrons. The summed E-state index contributed by atoms with van der Waals surface area (Å²) in [4.78, 5) is 4.98. The fourth-order valence-corrected chi connectivity index (χ4v) is 11.0. The molecule has 0 radical (unpaired) electrons. The van der Waals surface area contributed by atoms with Gasteiger partial charge in [-0.3, -0.25) is 0 Å². The lowest BCUT2D eigenvalue weighted by Gasteiger charge is -2.30. The SMILES string of the molecule is CC(C)(C)Cc1cc(CC(C)(C)C)cc(N(c2ccccc2)c2ccc3c(-c4ccccc4)c4cc(N(c5ccccc5)c5cc(CC(C)(C)C)cc(CC(C)(C)C)c5)ccc4c(-c4ccccc4)c3c2)c1. The topological polar surface area (TPSA) is 6.48 Å². The maximum atomic E-state index is 2.49. The summed E-state index contributed by atoms with van der Waals surface area (Å²) in [6.07, 6.45) is 3.97. The molecule has 2 heteroatoms. The van der Waals surface area contributed by atoms with Gasteiger partial charge in [0, 0.05) is 34.1 Å². The fourth-order valence-electron chi connectivity index (χ4n) is 11.0. The molecule has 0 amide bonds. The molecular weight excluding hydrogens is 869 g/mol. The molecule has 0 unspecified atom stereocenters. The van der Waals surface area contributed by atoms with Crippen LogP contribution in [0.2, 0.25) is 0 Å². The third kappa shape index (κ3) is 11.9. The van der Waals surface area contributed by atoms with E-state index in [1.807, 2.05) is 0 Å². The second-order valence-corrected chi connectivity index (χ2v) is 25.2. The van der Waals surface area contributed by atoms with Crippen LogP contribution < -0.4 is 9.80 Å². The van der Waals surface area contributed by atoms with Gasteiger partial charge < -0.3 is 9.80 Å². The fraction of sp³-hybridized carbons (Fsp3) is 0.286. The van der Waals surface area contributed by atoms with Crippen molar-refractivity contribution in [1.82, 2.24) is 0 Å². The highest BCUT2D eigenvalue weighted by Crippen LogP contribution is 2.49. The largest absolute Gasteiger partial charge is 0.310 e. The van der Waals surface area contributed by atoms with Gasteiger partial charge in [0.15, 0.2) is 0 Å². The van der Waals surface area contributed by atoms with Crippen LogP contribution in [0.5, 0.6) is 0 Å². The molecule has 9 aromatic carbocycles. The van der Waals surface area contributed by atoms with E-state index in [9.17, 15) is 0 Å². The predicted octanol–water partition coefficient (Wildman–Crippen LogP) is 20.6. The van der Waals surface area contributed by atoms with Gasteiger partial charge in [-0.25, -0.2) is 0 Å². The lowest BCUT2D eigenvalue weighted by molar-refractivity contribution is 0.405. The molecule has 0 atom stereocenters. The van der Waals surface area contributed by atoms with Crippen LogP contribution in [0, 0.1) is 21.7 Å². The van der Waals surface area contributed by atoms with Crippen LogP contribution >= 0.6 is 0 Å². The van der Waals surface area contributed by atoms with Crippen LogP contribution in [-0.2, 0) is 25.7 Å². The molecule has 0 aliphatic rings. The zero-order valence-corrected chi connectivity index (χ0v) is 45.2. The first-order valence-corrected chi connectivity index (χ1v) is 26.3. The van der Waals surface area contributed by atoms with Gasteiger partial charge in [0.25, 0.3) is 0 Å². The monoisotopic (exact) mass is 945 g/mol. The highest BCUT2D eigenvalue weighted by atomic mass is 15.1. The van der Waals surface area contributed by atoms with Crippen LogP contribution in [0.25, 0.3) is 43.8 Å². The number of anilines is 6. The van der Waals surface area contributed by atoms with Gasteiger partial charge in [-0.2, -0.15) is 0 Å². The molecular formula is C70H76N2. The molecule has 0 fully saturated rings.